The van der Waals surface area contributed by atoms with Gasteiger partial charge in [0, 0.05) is 23.7 Å². The van der Waals surface area contributed by atoms with E-state index in [1.54, 1.807) is 13.2 Å². The molecule has 23 heavy (non-hydrogen) atoms. The molecule has 0 unspecified atom stereocenters. The topological polar surface area (TPSA) is 60.6 Å². The Balaban J connectivity index is 1.76. The summed E-state index contributed by atoms with van der Waals surface area (Å²) in [4.78, 5) is 2.20. The lowest BCUT2D eigenvalue weighted by Crippen LogP contribution is -2.40. The summed E-state index contributed by atoms with van der Waals surface area (Å²) in [7, 11) is 3.68. The third-order valence-electron chi connectivity index (χ3n) is 3.78. The first-order valence-corrected chi connectivity index (χ1v) is 7.91. The SMILES string of the molecule is COc1ccc(Cl)cc1Cc1nnc([C@H]2CN(C)C[C@@H](C)O2)o1. The van der Waals surface area contributed by atoms with Gasteiger partial charge in [-0.05, 0) is 32.2 Å². The fraction of sp³-hybridized carbons (Fsp3) is 0.500. The van der Waals surface area contributed by atoms with E-state index in [0.29, 0.717) is 23.2 Å². The van der Waals surface area contributed by atoms with Crippen molar-refractivity contribution in [3.63, 3.8) is 0 Å². The van der Waals surface area contributed by atoms with E-state index >= 15 is 0 Å². The maximum absolute atomic E-state index is 6.05. The molecule has 1 fully saturated rings. The van der Waals surface area contributed by atoms with Gasteiger partial charge in [-0.25, -0.2) is 0 Å². The molecule has 0 spiro atoms. The van der Waals surface area contributed by atoms with Gasteiger partial charge in [0.1, 0.15) is 11.9 Å². The van der Waals surface area contributed by atoms with Gasteiger partial charge in [0.05, 0.1) is 19.6 Å². The molecule has 3 rings (SSSR count). The average molecular weight is 338 g/mol. The number of rotatable bonds is 4. The van der Waals surface area contributed by atoms with Gasteiger partial charge in [-0.3, -0.25) is 0 Å². The third kappa shape index (κ3) is 3.83. The van der Waals surface area contributed by atoms with Crippen molar-refractivity contribution in [1.82, 2.24) is 15.1 Å². The molecule has 1 aromatic heterocycles. The minimum Gasteiger partial charge on any atom is -0.496 e. The van der Waals surface area contributed by atoms with Crippen LogP contribution in [0.2, 0.25) is 5.02 Å². The van der Waals surface area contributed by atoms with E-state index in [0.717, 1.165) is 24.4 Å². The van der Waals surface area contributed by atoms with Crippen LogP contribution in [0.5, 0.6) is 5.75 Å². The van der Waals surface area contributed by atoms with Gasteiger partial charge in [0.2, 0.25) is 11.8 Å². The fourth-order valence-corrected chi connectivity index (χ4v) is 3.01. The molecule has 2 heterocycles. The molecule has 0 bridgehead atoms. The molecule has 0 aliphatic carbocycles. The lowest BCUT2D eigenvalue weighted by atomic mass is 10.1. The molecular weight excluding hydrogens is 318 g/mol. The Morgan fingerprint density at radius 3 is 2.91 bits per heavy atom. The molecule has 1 aromatic carbocycles. The lowest BCUT2D eigenvalue weighted by molar-refractivity contribution is -0.0825. The number of morpholine rings is 1. The van der Waals surface area contributed by atoms with Crippen LogP contribution in [0.25, 0.3) is 0 Å². The Bertz CT molecular complexity index is 666. The summed E-state index contributed by atoms with van der Waals surface area (Å²) in [5.41, 5.74) is 0.908. The Kier molecular flexibility index (Phi) is 4.84. The van der Waals surface area contributed by atoms with Crippen molar-refractivity contribution in [2.45, 2.75) is 25.6 Å². The Labute approximate surface area is 140 Å². The smallest absolute Gasteiger partial charge is 0.246 e. The molecule has 7 heteroatoms. The highest BCUT2D eigenvalue weighted by Gasteiger charge is 2.28. The standard InChI is InChI=1S/C16H20ClN3O3/c1-10-8-20(2)9-14(22-10)16-19-18-15(23-16)7-11-6-12(17)4-5-13(11)21-3/h4-6,10,14H,7-9H2,1-3H3/t10-,14-/m1/s1. The first kappa shape index (κ1) is 16.2. The molecule has 0 N–H and O–H groups in total. The second-order valence-corrected chi connectivity index (χ2v) is 6.26. The van der Waals surface area contributed by atoms with Crippen molar-refractivity contribution in [2.75, 3.05) is 27.2 Å². The molecule has 124 valence electrons. The Hall–Kier alpha value is -1.63. The molecule has 0 saturated carbocycles. The van der Waals surface area contributed by atoms with Crippen molar-refractivity contribution in [1.29, 1.82) is 0 Å². The number of hydrogen-bond donors (Lipinski definition) is 0. The quantitative estimate of drug-likeness (QED) is 0.855. The minimum absolute atomic E-state index is 0.141. The summed E-state index contributed by atoms with van der Waals surface area (Å²) in [6.07, 6.45) is 0.419. The molecular formula is C16H20ClN3O3. The van der Waals surface area contributed by atoms with Crippen LogP contribution in [-0.4, -0.2) is 48.4 Å². The molecule has 0 amide bonds. The van der Waals surface area contributed by atoms with E-state index in [2.05, 4.69) is 22.1 Å². The first-order chi connectivity index (χ1) is 11.0. The maximum atomic E-state index is 6.05. The summed E-state index contributed by atoms with van der Waals surface area (Å²) in [5.74, 6) is 1.78. The minimum atomic E-state index is -0.189. The number of ether oxygens (including phenoxy) is 2. The zero-order chi connectivity index (χ0) is 16.4. The van der Waals surface area contributed by atoms with Crippen molar-refractivity contribution in [3.8, 4) is 5.75 Å². The van der Waals surface area contributed by atoms with Gasteiger partial charge in [-0.15, -0.1) is 10.2 Å². The van der Waals surface area contributed by atoms with E-state index < -0.39 is 0 Å². The highest BCUT2D eigenvalue weighted by Crippen LogP contribution is 2.27. The highest BCUT2D eigenvalue weighted by atomic mass is 35.5. The second-order valence-electron chi connectivity index (χ2n) is 5.82. The number of methoxy groups -OCH3 is 1. The zero-order valence-corrected chi connectivity index (χ0v) is 14.2. The van der Waals surface area contributed by atoms with Crippen molar-refractivity contribution in [3.05, 3.63) is 40.6 Å². The van der Waals surface area contributed by atoms with Crippen LogP contribution in [-0.2, 0) is 11.2 Å². The largest absolute Gasteiger partial charge is 0.496 e. The number of halogens is 1. The lowest BCUT2D eigenvalue weighted by Gasteiger charge is -2.32. The Morgan fingerprint density at radius 1 is 1.35 bits per heavy atom. The fourth-order valence-electron chi connectivity index (χ4n) is 2.82. The number of aromatic nitrogens is 2. The van der Waals surface area contributed by atoms with Gasteiger partial charge < -0.3 is 18.8 Å². The second kappa shape index (κ2) is 6.86. The van der Waals surface area contributed by atoms with Crippen molar-refractivity contribution in [2.24, 2.45) is 0 Å². The van der Waals surface area contributed by atoms with Gasteiger partial charge >= 0.3 is 0 Å². The summed E-state index contributed by atoms with van der Waals surface area (Å²) in [6.45, 7) is 3.68. The molecule has 2 aromatic rings. The third-order valence-corrected chi connectivity index (χ3v) is 4.02. The van der Waals surface area contributed by atoms with Gasteiger partial charge in [0.15, 0.2) is 0 Å². The van der Waals surface area contributed by atoms with Crippen LogP contribution in [0, 0.1) is 0 Å². The zero-order valence-electron chi connectivity index (χ0n) is 13.5. The van der Waals surface area contributed by atoms with Crippen LogP contribution in [0.3, 0.4) is 0 Å². The molecule has 1 aliphatic heterocycles. The van der Waals surface area contributed by atoms with Crippen LogP contribution in [0.4, 0.5) is 0 Å². The number of nitrogens with zero attached hydrogens (tertiary/aromatic N) is 3. The summed E-state index contributed by atoms with van der Waals surface area (Å²) in [6, 6.07) is 5.46. The maximum Gasteiger partial charge on any atom is 0.246 e. The monoisotopic (exact) mass is 337 g/mol. The molecule has 0 radical (unpaired) electrons. The highest BCUT2D eigenvalue weighted by molar-refractivity contribution is 6.30. The molecule has 1 aliphatic rings. The van der Waals surface area contributed by atoms with Crippen LogP contribution < -0.4 is 4.74 Å². The molecule has 2 atom stereocenters. The summed E-state index contributed by atoms with van der Waals surface area (Å²) >= 11 is 6.05. The summed E-state index contributed by atoms with van der Waals surface area (Å²) in [5, 5.41) is 8.91. The predicted octanol–water partition coefficient (Wildman–Crippen LogP) is 2.71. The van der Waals surface area contributed by atoms with Gasteiger partial charge in [0.25, 0.3) is 0 Å². The van der Waals surface area contributed by atoms with E-state index in [-0.39, 0.29) is 12.2 Å². The van der Waals surface area contributed by atoms with Crippen LogP contribution >= 0.6 is 11.6 Å². The van der Waals surface area contributed by atoms with E-state index in [9.17, 15) is 0 Å². The van der Waals surface area contributed by atoms with E-state index in [4.69, 9.17) is 25.5 Å². The molecule has 1 saturated heterocycles. The summed E-state index contributed by atoms with van der Waals surface area (Å²) < 4.78 is 17.0. The van der Waals surface area contributed by atoms with Gasteiger partial charge in [-0.2, -0.15) is 0 Å². The van der Waals surface area contributed by atoms with Crippen molar-refractivity contribution < 1.29 is 13.9 Å². The van der Waals surface area contributed by atoms with Crippen LogP contribution in [0.1, 0.15) is 30.4 Å². The Morgan fingerprint density at radius 2 is 2.17 bits per heavy atom. The van der Waals surface area contributed by atoms with Crippen molar-refractivity contribution >= 4 is 11.6 Å². The van der Waals surface area contributed by atoms with Gasteiger partial charge in [-0.1, -0.05) is 11.6 Å². The average Bonchev–Trinajstić information content (AvgIpc) is 2.95. The van der Waals surface area contributed by atoms with E-state index in [1.807, 2.05) is 19.1 Å². The molecule has 6 nitrogen and oxygen atoms in total. The van der Waals surface area contributed by atoms with Crippen LogP contribution in [0.15, 0.2) is 22.6 Å². The predicted molar refractivity (Wildman–Crippen MR) is 85.9 cm³/mol. The number of benzene rings is 1. The number of hydrogen-bond acceptors (Lipinski definition) is 6. The first-order valence-electron chi connectivity index (χ1n) is 7.54. The number of likely N-dealkylation sites (N-methyl/N-ethyl adjacent to an activating group) is 1. The van der Waals surface area contributed by atoms with E-state index in [1.165, 1.54) is 0 Å². The normalized spacial score (nSPS) is 22.3.